The van der Waals surface area contributed by atoms with E-state index in [1.54, 1.807) is 6.26 Å². The molecule has 0 atom stereocenters. The first kappa shape index (κ1) is 12.8. The molecule has 2 N–H and O–H groups in total. The standard InChI is InChI=1S/C8H10N2O4S2/c1-15-7-3-5(9)8(16(2,13)14)4-6(7)10(11)12/h3-4H,9H2,1-2H3. The van der Waals surface area contributed by atoms with Gasteiger partial charge in [-0.2, -0.15) is 0 Å². The first-order chi connectivity index (χ1) is 7.27. The molecule has 0 saturated carbocycles. The third kappa shape index (κ3) is 2.45. The zero-order chi connectivity index (χ0) is 12.5. The van der Waals surface area contributed by atoms with Crippen molar-refractivity contribution < 1.29 is 13.3 Å². The third-order valence-corrected chi connectivity index (χ3v) is 3.83. The van der Waals surface area contributed by atoms with Gasteiger partial charge in [0.25, 0.3) is 5.69 Å². The molecule has 0 fully saturated rings. The molecule has 6 nitrogen and oxygen atoms in total. The van der Waals surface area contributed by atoms with Crippen LogP contribution in [0.4, 0.5) is 11.4 Å². The van der Waals surface area contributed by atoms with Crippen LogP contribution in [0.5, 0.6) is 0 Å². The maximum atomic E-state index is 11.3. The van der Waals surface area contributed by atoms with E-state index < -0.39 is 14.8 Å². The topological polar surface area (TPSA) is 103 Å². The molecule has 1 aromatic rings. The summed E-state index contributed by atoms with van der Waals surface area (Å²) < 4.78 is 22.6. The molecule has 1 aromatic carbocycles. The van der Waals surface area contributed by atoms with E-state index >= 15 is 0 Å². The Bertz CT molecular complexity index is 539. The molecular formula is C8H10N2O4S2. The van der Waals surface area contributed by atoms with Crippen LogP contribution in [0.25, 0.3) is 0 Å². The zero-order valence-corrected chi connectivity index (χ0v) is 10.3. The van der Waals surface area contributed by atoms with Crippen molar-refractivity contribution in [3.05, 3.63) is 22.2 Å². The fraction of sp³-hybridized carbons (Fsp3) is 0.250. The molecule has 0 unspecified atom stereocenters. The maximum Gasteiger partial charge on any atom is 0.284 e. The molecule has 16 heavy (non-hydrogen) atoms. The number of nitrogen functional groups attached to an aromatic ring is 1. The van der Waals surface area contributed by atoms with Gasteiger partial charge in [-0.15, -0.1) is 11.8 Å². The summed E-state index contributed by atoms with van der Waals surface area (Å²) in [4.78, 5) is 10.2. The molecule has 88 valence electrons. The number of benzene rings is 1. The Hall–Kier alpha value is -1.28. The number of nitrogens with two attached hydrogens (primary N) is 1. The van der Waals surface area contributed by atoms with E-state index in [2.05, 4.69) is 0 Å². The highest BCUT2D eigenvalue weighted by Gasteiger charge is 2.21. The second kappa shape index (κ2) is 4.30. The van der Waals surface area contributed by atoms with Crippen molar-refractivity contribution in [2.24, 2.45) is 0 Å². The number of nitrogens with zero attached hydrogens (tertiary/aromatic N) is 1. The molecule has 0 radical (unpaired) electrons. The molecule has 8 heteroatoms. The quantitative estimate of drug-likeness (QED) is 0.381. The molecule has 0 amide bonds. The number of anilines is 1. The van der Waals surface area contributed by atoms with Gasteiger partial charge in [0, 0.05) is 12.3 Å². The normalized spacial score (nSPS) is 11.4. The van der Waals surface area contributed by atoms with E-state index in [4.69, 9.17) is 5.73 Å². The van der Waals surface area contributed by atoms with Crippen molar-refractivity contribution in [3.63, 3.8) is 0 Å². The fourth-order valence-corrected chi connectivity index (χ4v) is 2.59. The predicted octanol–water partition coefficient (Wildman–Crippen LogP) is 1.30. The molecule has 0 aliphatic rings. The summed E-state index contributed by atoms with van der Waals surface area (Å²) in [5, 5.41) is 10.7. The summed E-state index contributed by atoms with van der Waals surface area (Å²) in [5.74, 6) is 0. The van der Waals surface area contributed by atoms with Crippen molar-refractivity contribution in [1.29, 1.82) is 0 Å². The zero-order valence-electron chi connectivity index (χ0n) is 8.63. The van der Waals surface area contributed by atoms with Gasteiger partial charge in [0.1, 0.15) is 0 Å². The lowest BCUT2D eigenvalue weighted by atomic mass is 10.3. The van der Waals surface area contributed by atoms with Crippen molar-refractivity contribution >= 4 is 33.0 Å². The van der Waals surface area contributed by atoms with Crippen LogP contribution in [0, 0.1) is 10.1 Å². The maximum absolute atomic E-state index is 11.3. The predicted molar refractivity (Wildman–Crippen MR) is 62.4 cm³/mol. The van der Waals surface area contributed by atoms with Crippen molar-refractivity contribution in [2.45, 2.75) is 9.79 Å². The van der Waals surface area contributed by atoms with Crippen LogP contribution in [0.1, 0.15) is 0 Å². The molecule has 1 rings (SSSR count). The SMILES string of the molecule is CSc1cc(N)c(S(C)(=O)=O)cc1[N+](=O)[O-]. The van der Waals surface area contributed by atoms with Crippen LogP contribution < -0.4 is 5.73 Å². The number of sulfone groups is 1. The third-order valence-electron chi connectivity index (χ3n) is 1.91. The number of rotatable bonds is 3. The summed E-state index contributed by atoms with van der Waals surface area (Å²) in [7, 11) is -3.55. The number of nitro benzene ring substituents is 1. The van der Waals surface area contributed by atoms with Gasteiger partial charge in [-0.25, -0.2) is 8.42 Å². The van der Waals surface area contributed by atoms with E-state index in [1.165, 1.54) is 6.07 Å². The molecule has 0 aromatic heterocycles. The highest BCUT2D eigenvalue weighted by Crippen LogP contribution is 2.33. The second-order valence-corrected chi connectivity index (χ2v) is 5.92. The number of hydrogen-bond donors (Lipinski definition) is 1. The Morgan fingerprint density at radius 1 is 1.44 bits per heavy atom. The average molecular weight is 262 g/mol. The first-order valence-electron chi connectivity index (χ1n) is 4.09. The Labute approximate surface area is 96.9 Å². The minimum atomic E-state index is -3.55. The monoisotopic (exact) mass is 262 g/mol. The van der Waals surface area contributed by atoms with Gasteiger partial charge in [-0.3, -0.25) is 10.1 Å². The van der Waals surface area contributed by atoms with E-state index in [9.17, 15) is 18.5 Å². The molecule has 0 bridgehead atoms. The second-order valence-electron chi connectivity index (χ2n) is 3.09. The molecule has 0 aliphatic carbocycles. The average Bonchev–Trinajstić information content (AvgIpc) is 2.14. The fourth-order valence-electron chi connectivity index (χ4n) is 1.19. The highest BCUT2D eigenvalue weighted by atomic mass is 32.2. The number of thioether (sulfide) groups is 1. The molecule has 0 spiro atoms. The van der Waals surface area contributed by atoms with Crippen molar-refractivity contribution in [2.75, 3.05) is 18.2 Å². The van der Waals surface area contributed by atoms with E-state index in [-0.39, 0.29) is 16.3 Å². The summed E-state index contributed by atoms with van der Waals surface area (Å²) in [6.07, 6.45) is 2.61. The van der Waals surface area contributed by atoms with Crippen LogP contribution in [0.15, 0.2) is 21.9 Å². The minimum Gasteiger partial charge on any atom is -0.398 e. The van der Waals surface area contributed by atoms with Crippen LogP contribution in [0.2, 0.25) is 0 Å². The van der Waals surface area contributed by atoms with Crippen molar-refractivity contribution in [3.8, 4) is 0 Å². The highest BCUT2D eigenvalue weighted by molar-refractivity contribution is 7.98. The lowest BCUT2D eigenvalue weighted by molar-refractivity contribution is -0.387. The molecule has 0 heterocycles. The van der Waals surface area contributed by atoms with Crippen LogP contribution in [0.3, 0.4) is 0 Å². The minimum absolute atomic E-state index is 0.0254. The van der Waals surface area contributed by atoms with E-state index in [0.29, 0.717) is 4.90 Å². The molecule has 0 saturated heterocycles. The summed E-state index contributed by atoms with van der Waals surface area (Å²) >= 11 is 1.14. The Morgan fingerprint density at radius 2 is 2.00 bits per heavy atom. The first-order valence-corrected chi connectivity index (χ1v) is 7.21. The van der Waals surface area contributed by atoms with Gasteiger partial charge in [0.15, 0.2) is 9.84 Å². The van der Waals surface area contributed by atoms with Gasteiger partial charge in [-0.1, -0.05) is 0 Å². The van der Waals surface area contributed by atoms with Gasteiger partial charge >= 0.3 is 0 Å². The van der Waals surface area contributed by atoms with Crippen molar-refractivity contribution in [1.82, 2.24) is 0 Å². The Balaban J connectivity index is 3.58. The lowest BCUT2D eigenvalue weighted by Crippen LogP contribution is -2.04. The Kier molecular flexibility index (Phi) is 3.44. The number of nitro groups is 1. The smallest absolute Gasteiger partial charge is 0.284 e. The summed E-state index contributed by atoms with van der Waals surface area (Å²) in [6.45, 7) is 0. The van der Waals surface area contributed by atoms with Gasteiger partial charge < -0.3 is 5.73 Å². The van der Waals surface area contributed by atoms with Gasteiger partial charge in [0.2, 0.25) is 0 Å². The van der Waals surface area contributed by atoms with Gasteiger partial charge in [-0.05, 0) is 12.3 Å². The van der Waals surface area contributed by atoms with Crippen LogP contribution in [-0.2, 0) is 9.84 Å². The largest absolute Gasteiger partial charge is 0.398 e. The molecule has 0 aliphatic heterocycles. The van der Waals surface area contributed by atoms with Crippen LogP contribution >= 0.6 is 11.8 Å². The van der Waals surface area contributed by atoms with Crippen LogP contribution in [-0.4, -0.2) is 25.9 Å². The Morgan fingerprint density at radius 3 is 2.38 bits per heavy atom. The number of hydrogen-bond acceptors (Lipinski definition) is 6. The summed E-state index contributed by atoms with van der Waals surface area (Å²) in [6, 6.07) is 2.30. The molecular weight excluding hydrogens is 252 g/mol. The summed E-state index contributed by atoms with van der Waals surface area (Å²) in [5.41, 5.74) is 5.31. The van der Waals surface area contributed by atoms with Gasteiger partial charge in [0.05, 0.1) is 20.4 Å². The van der Waals surface area contributed by atoms with E-state index in [0.717, 1.165) is 24.1 Å². The lowest BCUT2D eigenvalue weighted by Gasteiger charge is -2.06. The van der Waals surface area contributed by atoms with E-state index in [1.807, 2.05) is 0 Å².